The van der Waals surface area contributed by atoms with E-state index in [1.165, 1.54) is 5.56 Å². The Morgan fingerprint density at radius 3 is 2.73 bits per heavy atom. The number of tetrazole rings is 1. The first-order chi connectivity index (χ1) is 20.0. The Hall–Kier alpha value is -3.80. The number of hydrogen-bond acceptors (Lipinski definition) is 9. The number of fused-ring (bicyclic) bond motifs is 2. The molecule has 3 aliphatic rings. The number of aryl methyl sites for hydroxylation is 2. The molecule has 2 atom stereocenters. The average Bonchev–Trinajstić information content (AvgIpc) is 3.76. The van der Waals surface area contributed by atoms with Gasteiger partial charge < -0.3 is 19.2 Å². The molecule has 214 valence electrons. The van der Waals surface area contributed by atoms with E-state index in [2.05, 4.69) is 61.5 Å². The Kier molecular flexibility index (Phi) is 6.93. The Balaban J connectivity index is 1.18. The van der Waals surface area contributed by atoms with Crippen LogP contribution in [-0.4, -0.2) is 80.7 Å². The number of pyridine rings is 1. The molecule has 11 nitrogen and oxygen atoms in total. The van der Waals surface area contributed by atoms with Gasteiger partial charge in [-0.05, 0) is 77.4 Å². The summed E-state index contributed by atoms with van der Waals surface area (Å²) in [5.41, 5.74) is 4.86. The van der Waals surface area contributed by atoms with Crippen molar-refractivity contribution in [3.8, 4) is 11.5 Å². The van der Waals surface area contributed by atoms with Gasteiger partial charge in [0.25, 0.3) is 5.56 Å². The fourth-order valence-electron chi connectivity index (χ4n) is 6.24. The van der Waals surface area contributed by atoms with E-state index in [1.807, 2.05) is 23.7 Å². The summed E-state index contributed by atoms with van der Waals surface area (Å²) in [6, 6.07) is 12.0. The largest absolute Gasteiger partial charge is 0.454 e. The van der Waals surface area contributed by atoms with Crippen LogP contribution < -0.4 is 15.0 Å². The maximum Gasteiger partial charge on any atom is 0.253 e. The molecule has 11 heteroatoms. The molecule has 3 aliphatic heterocycles. The van der Waals surface area contributed by atoms with Gasteiger partial charge in [0.05, 0.1) is 18.2 Å². The molecule has 41 heavy (non-hydrogen) atoms. The van der Waals surface area contributed by atoms with Crippen LogP contribution in [0.3, 0.4) is 0 Å². The molecule has 5 heterocycles. The molecule has 2 aromatic heterocycles. The number of nitrogens with zero attached hydrogens (tertiary/aromatic N) is 6. The van der Waals surface area contributed by atoms with Crippen LogP contribution in [0.1, 0.15) is 47.0 Å². The van der Waals surface area contributed by atoms with Gasteiger partial charge in [0, 0.05) is 44.9 Å². The van der Waals surface area contributed by atoms with Crippen molar-refractivity contribution in [1.29, 1.82) is 0 Å². The van der Waals surface area contributed by atoms with E-state index in [-0.39, 0.29) is 24.5 Å². The van der Waals surface area contributed by atoms with Crippen molar-refractivity contribution in [2.24, 2.45) is 0 Å². The lowest BCUT2D eigenvalue weighted by Gasteiger charge is -2.38. The van der Waals surface area contributed by atoms with Crippen LogP contribution in [0.5, 0.6) is 11.5 Å². The normalized spacial score (nSPS) is 20.2. The molecule has 1 N–H and O–H groups in total. The van der Waals surface area contributed by atoms with Gasteiger partial charge in [-0.25, -0.2) is 4.68 Å². The van der Waals surface area contributed by atoms with Crippen molar-refractivity contribution in [3.05, 3.63) is 74.8 Å². The molecule has 0 spiro atoms. The monoisotopic (exact) mass is 557 g/mol. The summed E-state index contributed by atoms with van der Waals surface area (Å²) in [5, 5.41) is 13.9. The van der Waals surface area contributed by atoms with Crippen LogP contribution in [0, 0.1) is 13.8 Å². The third-order valence-electron chi connectivity index (χ3n) is 8.69. The molecule has 2 unspecified atom stereocenters. The van der Waals surface area contributed by atoms with Gasteiger partial charge in [-0.15, -0.1) is 5.10 Å². The molecular weight excluding hydrogens is 522 g/mol. The smallest absolute Gasteiger partial charge is 0.253 e. The minimum atomic E-state index is -0.381. The highest BCUT2D eigenvalue weighted by Gasteiger charge is 2.33. The molecule has 2 saturated heterocycles. The van der Waals surface area contributed by atoms with Crippen molar-refractivity contribution in [2.75, 3.05) is 39.6 Å². The fourth-order valence-corrected chi connectivity index (χ4v) is 6.24. The first-order valence-corrected chi connectivity index (χ1v) is 14.4. The lowest BCUT2D eigenvalue weighted by molar-refractivity contribution is 0.0840. The molecule has 0 saturated carbocycles. The number of H-pyrrole nitrogens is 1. The molecular formula is C30H35N7O4. The highest BCUT2D eigenvalue weighted by atomic mass is 16.7. The van der Waals surface area contributed by atoms with Crippen LogP contribution in [0.4, 0.5) is 0 Å². The van der Waals surface area contributed by atoms with Gasteiger partial charge in [0.2, 0.25) is 6.79 Å². The fraction of sp³-hybridized carbons (Fsp3) is 0.467. The molecule has 0 aliphatic carbocycles. The molecule has 7 rings (SSSR count). The van der Waals surface area contributed by atoms with Crippen molar-refractivity contribution >= 4 is 10.9 Å². The number of aromatic nitrogens is 5. The zero-order valence-electron chi connectivity index (χ0n) is 23.5. The summed E-state index contributed by atoms with van der Waals surface area (Å²) < 4.78 is 18.8. The van der Waals surface area contributed by atoms with E-state index < -0.39 is 0 Å². The lowest BCUT2D eigenvalue weighted by atomic mass is 9.99. The minimum Gasteiger partial charge on any atom is -0.454 e. The zero-order chi connectivity index (χ0) is 27.9. The molecule has 2 fully saturated rings. The second-order valence-corrected chi connectivity index (χ2v) is 11.3. The first-order valence-electron chi connectivity index (χ1n) is 14.4. The number of piperazine rings is 1. The third-order valence-corrected chi connectivity index (χ3v) is 8.69. The van der Waals surface area contributed by atoms with Gasteiger partial charge in [0.15, 0.2) is 17.3 Å². The van der Waals surface area contributed by atoms with Gasteiger partial charge in [-0.1, -0.05) is 18.2 Å². The average molecular weight is 558 g/mol. The van der Waals surface area contributed by atoms with E-state index in [0.717, 1.165) is 85.7 Å². The summed E-state index contributed by atoms with van der Waals surface area (Å²) in [6.45, 7) is 9.79. The first kappa shape index (κ1) is 26.1. The number of hydrogen-bond donors (Lipinski definition) is 1. The lowest BCUT2D eigenvalue weighted by Crippen LogP contribution is -2.48. The number of nitrogens with one attached hydrogen (secondary N) is 1. The van der Waals surface area contributed by atoms with Crippen LogP contribution in [0.25, 0.3) is 10.9 Å². The number of benzene rings is 2. The van der Waals surface area contributed by atoms with Gasteiger partial charge >= 0.3 is 0 Å². The van der Waals surface area contributed by atoms with E-state index in [0.29, 0.717) is 17.9 Å². The molecule has 0 radical (unpaired) electrons. The third kappa shape index (κ3) is 5.09. The summed E-state index contributed by atoms with van der Waals surface area (Å²) in [6.07, 6.45) is 2.11. The standard InChI is InChI=1S/C30H35N7O4/c1-19-5-7-22-15-24(30(38)31-27(22)20(19)2)28(29-32-33-34-37(29)17-23-4-3-13-39-23)36-11-9-35(10-12-36)16-21-6-8-25-26(14-21)41-18-40-25/h5-8,14-15,23,28H,3-4,9-13,16-18H2,1-2H3,(H,31,38). The number of ether oxygens (including phenoxy) is 3. The van der Waals surface area contributed by atoms with E-state index in [1.54, 1.807) is 0 Å². The molecule has 0 amide bonds. The van der Waals surface area contributed by atoms with Crippen LogP contribution in [0.2, 0.25) is 0 Å². The molecule has 2 aromatic carbocycles. The maximum atomic E-state index is 13.7. The molecule has 4 aromatic rings. The highest BCUT2D eigenvalue weighted by Crippen LogP contribution is 2.33. The van der Waals surface area contributed by atoms with Crippen LogP contribution >= 0.6 is 0 Å². The summed E-state index contributed by atoms with van der Waals surface area (Å²) in [4.78, 5) is 21.7. The molecule has 0 bridgehead atoms. The van der Waals surface area contributed by atoms with Crippen LogP contribution in [-0.2, 0) is 17.8 Å². The topological polar surface area (TPSA) is 111 Å². The maximum absolute atomic E-state index is 13.7. The van der Waals surface area contributed by atoms with Crippen molar-refractivity contribution in [2.45, 2.75) is 51.9 Å². The number of rotatable bonds is 7. The SMILES string of the molecule is Cc1ccc2cc(C(c3nnnn3CC3CCCO3)N3CCN(Cc4ccc5c(c4)OCO5)CC3)c(=O)[nH]c2c1C. The Labute approximate surface area is 238 Å². The van der Waals surface area contributed by atoms with Crippen molar-refractivity contribution in [1.82, 2.24) is 35.0 Å². The predicted octanol–water partition coefficient (Wildman–Crippen LogP) is 2.95. The van der Waals surface area contributed by atoms with E-state index in [4.69, 9.17) is 14.2 Å². The summed E-state index contributed by atoms with van der Waals surface area (Å²) in [7, 11) is 0. The zero-order valence-corrected chi connectivity index (χ0v) is 23.5. The van der Waals surface area contributed by atoms with Gasteiger partial charge in [-0.2, -0.15) is 0 Å². The minimum absolute atomic E-state index is 0.0805. The van der Waals surface area contributed by atoms with Crippen LogP contribution in [0.15, 0.2) is 41.2 Å². The second kappa shape index (κ2) is 10.9. The highest BCUT2D eigenvalue weighted by molar-refractivity contribution is 5.83. The predicted molar refractivity (Wildman–Crippen MR) is 152 cm³/mol. The quantitative estimate of drug-likeness (QED) is 0.367. The van der Waals surface area contributed by atoms with E-state index in [9.17, 15) is 4.79 Å². The Bertz CT molecular complexity index is 1620. The van der Waals surface area contributed by atoms with Crippen molar-refractivity contribution in [3.63, 3.8) is 0 Å². The number of aromatic amines is 1. The second-order valence-electron chi connectivity index (χ2n) is 11.3. The Morgan fingerprint density at radius 1 is 1.05 bits per heavy atom. The summed E-state index contributed by atoms with van der Waals surface area (Å²) in [5.74, 6) is 2.28. The Morgan fingerprint density at radius 2 is 1.90 bits per heavy atom. The van der Waals surface area contributed by atoms with Gasteiger partial charge in [0.1, 0.15) is 6.04 Å². The summed E-state index contributed by atoms with van der Waals surface area (Å²) >= 11 is 0. The van der Waals surface area contributed by atoms with E-state index >= 15 is 0 Å². The van der Waals surface area contributed by atoms with Gasteiger partial charge in [-0.3, -0.25) is 14.6 Å². The van der Waals surface area contributed by atoms with Crippen molar-refractivity contribution < 1.29 is 14.2 Å².